The number of barbiturate groups is 1. The number of nitrogens with zero attached hydrogens (tertiary/aromatic N) is 3. The largest absolute Gasteiger partial charge is 0.548 e. The van der Waals surface area contributed by atoms with Gasteiger partial charge in [-0.2, -0.15) is 0 Å². The summed E-state index contributed by atoms with van der Waals surface area (Å²) in [5, 5.41) is 13.4. The van der Waals surface area contributed by atoms with Gasteiger partial charge in [-0.1, -0.05) is 26.2 Å². The minimum absolute atomic E-state index is 0.0268. The number of carboxylic acids is 1. The van der Waals surface area contributed by atoms with Gasteiger partial charge >= 0.3 is 6.03 Å². The van der Waals surface area contributed by atoms with Crippen molar-refractivity contribution in [1.82, 2.24) is 20.2 Å². The molecule has 1 aliphatic rings. The van der Waals surface area contributed by atoms with Crippen LogP contribution in [0.3, 0.4) is 0 Å². The van der Waals surface area contributed by atoms with Crippen LogP contribution in [-0.2, 0) is 20.8 Å². The van der Waals surface area contributed by atoms with Gasteiger partial charge in [0.05, 0.1) is 18.3 Å². The highest BCUT2D eigenvalue weighted by Gasteiger charge is 2.39. The summed E-state index contributed by atoms with van der Waals surface area (Å²) in [6.45, 7) is 2.24. The van der Waals surface area contributed by atoms with Crippen LogP contribution < -0.4 is 10.4 Å². The van der Waals surface area contributed by atoms with Gasteiger partial charge in [0.25, 0.3) is 0 Å². The summed E-state index contributed by atoms with van der Waals surface area (Å²) < 4.78 is 0. The number of H-pyrrole nitrogens is 1. The summed E-state index contributed by atoms with van der Waals surface area (Å²) in [5.74, 6) is -4.32. The maximum absolute atomic E-state index is 12.5. The third-order valence-corrected chi connectivity index (χ3v) is 4.18. The molecule has 0 saturated carbocycles. The molecule has 1 fully saturated rings. The molecule has 27 heavy (non-hydrogen) atoms. The van der Waals surface area contributed by atoms with Crippen molar-refractivity contribution in [2.24, 2.45) is 10.9 Å². The van der Waals surface area contributed by atoms with Crippen molar-refractivity contribution in [3.8, 4) is 0 Å². The molecule has 10 nitrogen and oxygen atoms in total. The van der Waals surface area contributed by atoms with E-state index in [9.17, 15) is 24.3 Å². The van der Waals surface area contributed by atoms with Gasteiger partial charge in [0.1, 0.15) is 0 Å². The van der Waals surface area contributed by atoms with Gasteiger partial charge in [0.2, 0.25) is 11.8 Å². The van der Waals surface area contributed by atoms with Crippen molar-refractivity contribution >= 4 is 30.0 Å². The third-order valence-electron chi connectivity index (χ3n) is 4.18. The molecule has 10 heteroatoms. The Morgan fingerprint density at radius 2 is 2.15 bits per heavy atom. The number of imidazole rings is 1. The van der Waals surface area contributed by atoms with E-state index in [0.29, 0.717) is 12.1 Å². The first kappa shape index (κ1) is 20.3. The molecule has 1 aromatic rings. The normalized spacial score (nSPS) is 18.8. The van der Waals surface area contributed by atoms with Crippen molar-refractivity contribution in [2.75, 3.05) is 6.54 Å². The highest BCUT2D eigenvalue weighted by molar-refractivity contribution is 6.23. The molecule has 2 N–H and O–H groups in total. The van der Waals surface area contributed by atoms with Gasteiger partial charge in [0, 0.05) is 31.1 Å². The monoisotopic (exact) mass is 376 g/mol. The maximum atomic E-state index is 12.5. The lowest BCUT2D eigenvalue weighted by molar-refractivity contribution is -0.307. The molecule has 0 bridgehead atoms. The third kappa shape index (κ3) is 5.47. The molecule has 2 rings (SSSR count). The molecule has 4 amide bonds. The number of hydrogen-bond donors (Lipinski definition) is 2. The van der Waals surface area contributed by atoms with E-state index in [1.807, 2.05) is 6.92 Å². The van der Waals surface area contributed by atoms with Crippen molar-refractivity contribution in [3.05, 3.63) is 18.2 Å². The Morgan fingerprint density at radius 1 is 1.37 bits per heavy atom. The molecule has 1 aliphatic heterocycles. The first-order chi connectivity index (χ1) is 12.9. The minimum Gasteiger partial charge on any atom is -0.548 e. The van der Waals surface area contributed by atoms with E-state index >= 15 is 0 Å². The zero-order valence-electron chi connectivity index (χ0n) is 15.0. The molecule has 0 unspecified atom stereocenters. The van der Waals surface area contributed by atoms with E-state index in [1.165, 1.54) is 12.5 Å². The lowest BCUT2D eigenvalue weighted by Crippen LogP contribution is -2.58. The standard InChI is InChI=1S/C17H23N5O5/c1-2-3-4-5-6-22-15(24)12(14(23)21-17(22)27)9-19-13(16(25)26)7-11-8-18-10-20-11/h8-10,12-13H,2-7H2,1H3,(H,18,20)(H,25,26)(H,21,23,27)/p-1/t12-,13+/m1/s1. The van der Waals surface area contributed by atoms with E-state index in [-0.39, 0.29) is 13.0 Å². The number of aliphatic imine (C=N–C) groups is 1. The number of aromatic amines is 1. The second-order valence-electron chi connectivity index (χ2n) is 6.24. The van der Waals surface area contributed by atoms with Crippen molar-refractivity contribution in [3.63, 3.8) is 0 Å². The number of amides is 4. The summed E-state index contributed by atoms with van der Waals surface area (Å²) >= 11 is 0. The number of hydrogen-bond acceptors (Lipinski definition) is 7. The van der Waals surface area contributed by atoms with Gasteiger partial charge in [-0.25, -0.2) is 9.78 Å². The predicted octanol–water partition coefficient (Wildman–Crippen LogP) is -0.584. The van der Waals surface area contributed by atoms with E-state index in [2.05, 4.69) is 20.3 Å². The van der Waals surface area contributed by atoms with Crippen LogP contribution in [-0.4, -0.2) is 57.5 Å². The Labute approximate surface area is 156 Å². The average molecular weight is 376 g/mol. The summed E-state index contributed by atoms with van der Waals surface area (Å²) in [4.78, 5) is 59.0. The highest BCUT2D eigenvalue weighted by Crippen LogP contribution is 2.12. The zero-order chi connectivity index (χ0) is 19.8. The van der Waals surface area contributed by atoms with Crippen LogP contribution in [0.5, 0.6) is 0 Å². The number of rotatable bonds is 10. The van der Waals surface area contributed by atoms with Crippen LogP contribution in [0, 0.1) is 5.92 Å². The highest BCUT2D eigenvalue weighted by atomic mass is 16.4. The van der Waals surface area contributed by atoms with Crippen LogP contribution in [0.15, 0.2) is 17.5 Å². The second-order valence-corrected chi connectivity index (χ2v) is 6.24. The Morgan fingerprint density at radius 3 is 2.78 bits per heavy atom. The number of urea groups is 1. The van der Waals surface area contributed by atoms with Crippen LogP contribution in [0.2, 0.25) is 0 Å². The molecular formula is C17H22N5O5-. The lowest BCUT2D eigenvalue weighted by atomic mass is 10.1. The first-order valence-electron chi connectivity index (χ1n) is 8.81. The van der Waals surface area contributed by atoms with Gasteiger partial charge in [0.15, 0.2) is 5.92 Å². The summed E-state index contributed by atoms with van der Waals surface area (Å²) in [7, 11) is 0. The Kier molecular flexibility index (Phi) is 7.21. The molecule has 146 valence electrons. The van der Waals surface area contributed by atoms with E-state index in [4.69, 9.17) is 0 Å². The Balaban J connectivity index is 2.06. The fourth-order valence-electron chi connectivity index (χ4n) is 2.66. The quantitative estimate of drug-likeness (QED) is 0.317. The van der Waals surface area contributed by atoms with Crippen LogP contribution in [0.4, 0.5) is 4.79 Å². The number of aromatic nitrogens is 2. The minimum atomic E-state index is -1.45. The first-order valence-corrected chi connectivity index (χ1v) is 8.81. The van der Waals surface area contributed by atoms with Crippen LogP contribution in [0.25, 0.3) is 0 Å². The fraction of sp³-hybridized carbons (Fsp3) is 0.529. The Bertz CT molecular complexity index is 715. The van der Waals surface area contributed by atoms with Gasteiger partial charge < -0.3 is 14.9 Å². The number of carbonyl (C=O) groups is 4. The van der Waals surface area contributed by atoms with E-state index in [1.54, 1.807) is 0 Å². The molecule has 0 spiro atoms. The number of nitrogens with one attached hydrogen (secondary N) is 2. The molecule has 1 saturated heterocycles. The zero-order valence-corrected chi connectivity index (χ0v) is 15.0. The van der Waals surface area contributed by atoms with Gasteiger partial charge in [-0.15, -0.1) is 0 Å². The van der Waals surface area contributed by atoms with Crippen molar-refractivity contribution < 1.29 is 24.3 Å². The van der Waals surface area contributed by atoms with Crippen LogP contribution in [0.1, 0.15) is 38.3 Å². The van der Waals surface area contributed by atoms with Crippen molar-refractivity contribution in [2.45, 2.75) is 45.1 Å². The number of unbranched alkanes of at least 4 members (excludes halogenated alkanes) is 3. The molecule has 0 aromatic carbocycles. The molecular weight excluding hydrogens is 354 g/mol. The van der Waals surface area contributed by atoms with E-state index < -0.39 is 35.8 Å². The second kappa shape index (κ2) is 9.60. The van der Waals surface area contributed by atoms with Crippen molar-refractivity contribution in [1.29, 1.82) is 0 Å². The molecule has 0 aliphatic carbocycles. The van der Waals surface area contributed by atoms with Crippen LogP contribution >= 0.6 is 0 Å². The summed E-state index contributed by atoms with van der Waals surface area (Å²) in [5.41, 5.74) is 0.522. The smallest absolute Gasteiger partial charge is 0.330 e. The summed E-state index contributed by atoms with van der Waals surface area (Å²) in [6, 6.07) is -2.05. The number of imide groups is 2. The molecule has 2 atom stereocenters. The van der Waals surface area contributed by atoms with E-state index in [0.717, 1.165) is 30.4 Å². The topological polar surface area (TPSA) is 148 Å². The maximum Gasteiger partial charge on any atom is 0.330 e. The van der Waals surface area contributed by atoms with Gasteiger partial charge in [-0.05, 0) is 6.42 Å². The number of carbonyl (C=O) groups excluding carboxylic acids is 4. The number of carboxylic acid groups (broad SMARTS) is 1. The molecule has 1 aromatic heterocycles. The Hall–Kier alpha value is -3.04. The molecule has 2 heterocycles. The summed E-state index contributed by atoms with van der Waals surface area (Å²) in [6.07, 6.45) is 7.26. The predicted molar refractivity (Wildman–Crippen MR) is 92.5 cm³/mol. The lowest BCUT2D eigenvalue weighted by Gasteiger charge is -2.28. The molecule has 0 radical (unpaired) electrons. The SMILES string of the molecule is CCCCCCN1C(=O)NC(=O)[C@@H](C=N[C@@H](Cc2cnc[nH]2)C(=O)[O-])C1=O. The fourth-order valence-corrected chi connectivity index (χ4v) is 2.66. The number of aliphatic carboxylic acids is 1. The van der Waals surface area contributed by atoms with Gasteiger partial charge in [-0.3, -0.25) is 24.8 Å². The average Bonchev–Trinajstić information content (AvgIpc) is 3.12.